The molecular weight excluding hydrogens is 348 g/mol. The van der Waals surface area contributed by atoms with E-state index in [1.165, 1.54) is 6.33 Å². The Hall–Kier alpha value is -2.64. The molecule has 2 aromatic heterocycles. The number of H-pyrrole nitrogens is 1. The first-order valence-corrected chi connectivity index (χ1v) is 9.97. The summed E-state index contributed by atoms with van der Waals surface area (Å²) in [5, 5.41) is 2.10. The molecule has 0 aliphatic carbocycles. The molecule has 0 amide bonds. The van der Waals surface area contributed by atoms with Crippen LogP contribution in [0.1, 0.15) is 5.56 Å². The lowest BCUT2D eigenvalue weighted by Gasteiger charge is -2.14. The van der Waals surface area contributed by atoms with E-state index in [0.29, 0.717) is 29.3 Å². The van der Waals surface area contributed by atoms with Crippen LogP contribution in [0.5, 0.6) is 5.75 Å². The van der Waals surface area contributed by atoms with Gasteiger partial charge in [0.1, 0.15) is 35.8 Å². The normalized spacial score (nSPS) is 12.6. The first-order chi connectivity index (χ1) is 12.6. The van der Waals surface area contributed by atoms with Gasteiger partial charge in [-0.25, -0.2) is 15.0 Å². The standard InChI is InChI=1S/C19H18N4O2S/c1-12-3-4-13-5-6-14(17(15(13)9-12)25-7-8-26(2)24)18-22-16-10-20-11-21-19(16)23-18/h3-6,9-11H,7-8H2,1-2H3,(H,20,21,22,23). The van der Waals surface area contributed by atoms with E-state index in [0.717, 1.165) is 27.6 Å². The number of rotatable bonds is 5. The van der Waals surface area contributed by atoms with Gasteiger partial charge in [0, 0.05) is 5.39 Å². The Morgan fingerprint density at radius 1 is 1.23 bits per heavy atom. The molecule has 0 bridgehead atoms. The molecule has 26 heavy (non-hydrogen) atoms. The molecule has 7 heteroatoms. The van der Waals surface area contributed by atoms with Gasteiger partial charge < -0.3 is 14.3 Å². The summed E-state index contributed by atoms with van der Waals surface area (Å²) in [5.41, 5.74) is 3.38. The van der Waals surface area contributed by atoms with Gasteiger partial charge in [0.25, 0.3) is 0 Å². The number of fused-ring (bicyclic) bond motifs is 2. The van der Waals surface area contributed by atoms with Crippen LogP contribution in [0.4, 0.5) is 0 Å². The average molecular weight is 366 g/mol. The molecule has 0 saturated carbocycles. The molecule has 0 saturated heterocycles. The Morgan fingerprint density at radius 3 is 2.88 bits per heavy atom. The minimum Gasteiger partial charge on any atom is -0.616 e. The fourth-order valence-electron chi connectivity index (χ4n) is 2.90. The molecule has 2 heterocycles. The number of hydrogen-bond donors (Lipinski definition) is 1. The minimum absolute atomic E-state index is 0.378. The van der Waals surface area contributed by atoms with E-state index in [2.05, 4.69) is 38.1 Å². The molecule has 1 N–H and O–H groups in total. The van der Waals surface area contributed by atoms with Crippen molar-refractivity contribution in [3.63, 3.8) is 0 Å². The third-order valence-electron chi connectivity index (χ3n) is 4.16. The van der Waals surface area contributed by atoms with Crippen LogP contribution in [-0.2, 0) is 11.2 Å². The van der Waals surface area contributed by atoms with Crippen molar-refractivity contribution in [2.45, 2.75) is 6.92 Å². The summed E-state index contributed by atoms with van der Waals surface area (Å²) in [4.78, 5) is 16.0. The summed E-state index contributed by atoms with van der Waals surface area (Å²) in [6, 6.07) is 10.3. The molecule has 0 spiro atoms. The van der Waals surface area contributed by atoms with Gasteiger partial charge in [-0.3, -0.25) is 0 Å². The third-order valence-corrected chi connectivity index (χ3v) is 4.90. The lowest BCUT2D eigenvalue weighted by Crippen LogP contribution is -2.12. The molecule has 0 radical (unpaired) electrons. The largest absolute Gasteiger partial charge is 0.616 e. The lowest BCUT2D eigenvalue weighted by atomic mass is 10.0. The van der Waals surface area contributed by atoms with E-state index in [4.69, 9.17) is 4.74 Å². The molecule has 4 aromatic rings. The maximum absolute atomic E-state index is 11.4. The summed E-state index contributed by atoms with van der Waals surface area (Å²) < 4.78 is 17.5. The quantitative estimate of drug-likeness (QED) is 0.548. The Labute approximate surface area is 153 Å². The van der Waals surface area contributed by atoms with Gasteiger partial charge in [-0.2, -0.15) is 0 Å². The van der Waals surface area contributed by atoms with Crippen molar-refractivity contribution in [3.8, 4) is 17.1 Å². The molecule has 0 aliphatic heterocycles. The molecule has 0 fully saturated rings. The van der Waals surface area contributed by atoms with Crippen molar-refractivity contribution >= 4 is 33.1 Å². The number of nitrogens with zero attached hydrogens (tertiary/aromatic N) is 3. The summed E-state index contributed by atoms with van der Waals surface area (Å²) in [6.07, 6.45) is 4.84. The van der Waals surface area contributed by atoms with Crippen LogP contribution in [-0.4, -0.2) is 43.1 Å². The highest BCUT2D eigenvalue weighted by Crippen LogP contribution is 2.36. The van der Waals surface area contributed by atoms with Crippen LogP contribution in [0.15, 0.2) is 42.9 Å². The van der Waals surface area contributed by atoms with Gasteiger partial charge in [0.15, 0.2) is 5.65 Å². The Balaban J connectivity index is 1.86. The lowest BCUT2D eigenvalue weighted by molar-refractivity contribution is 0.346. The smallest absolute Gasteiger partial charge is 0.161 e. The first-order valence-electron chi connectivity index (χ1n) is 8.24. The average Bonchev–Trinajstić information content (AvgIpc) is 3.05. The second-order valence-electron chi connectivity index (χ2n) is 6.13. The van der Waals surface area contributed by atoms with E-state index in [-0.39, 0.29) is 0 Å². The fraction of sp³-hybridized carbons (Fsp3) is 0.211. The summed E-state index contributed by atoms with van der Waals surface area (Å²) in [5.74, 6) is 1.90. The van der Waals surface area contributed by atoms with Gasteiger partial charge in [-0.05, 0) is 24.4 Å². The summed E-state index contributed by atoms with van der Waals surface area (Å²) >= 11 is -0.908. The van der Waals surface area contributed by atoms with Crippen molar-refractivity contribution in [2.75, 3.05) is 18.6 Å². The van der Waals surface area contributed by atoms with Gasteiger partial charge in [-0.15, -0.1) is 0 Å². The highest BCUT2D eigenvalue weighted by molar-refractivity contribution is 7.90. The Kier molecular flexibility index (Phi) is 4.48. The van der Waals surface area contributed by atoms with Crippen LogP contribution < -0.4 is 4.74 Å². The van der Waals surface area contributed by atoms with Crippen molar-refractivity contribution in [1.29, 1.82) is 0 Å². The second kappa shape index (κ2) is 6.93. The maximum Gasteiger partial charge on any atom is 0.161 e. The molecule has 1 unspecified atom stereocenters. The number of nitrogens with one attached hydrogen (secondary N) is 1. The fourth-order valence-corrected chi connectivity index (χ4v) is 3.22. The zero-order chi connectivity index (χ0) is 18.1. The monoisotopic (exact) mass is 366 g/mol. The van der Waals surface area contributed by atoms with Crippen LogP contribution in [0.25, 0.3) is 33.3 Å². The number of aromatic nitrogens is 4. The van der Waals surface area contributed by atoms with E-state index in [1.54, 1.807) is 12.5 Å². The molecule has 2 aromatic carbocycles. The number of imidazole rings is 1. The minimum atomic E-state index is -0.908. The summed E-state index contributed by atoms with van der Waals surface area (Å²) in [6.45, 7) is 2.43. The summed E-state index contributed by atoms with van der Waals surface area (Å²) in [7, 11) is 0. The van der Waals surface area contributed by atoms with Crippen LogP contribution >= 0.6 is 0 Å². The van der Waals surface area contributed by atoms with E-state index in [9.17, 15) is 4.55 Å². The molecule has 0 aliphatic rings. The van der Waals surface area contributed by atoms with E-state index >= 15 is 0 Å². The predicted octanol–water partition coefficient (Wildman–Crippen LogP) is 3.24. The number of aryl methyl sites for hydroxylation is 1. The van der Waals surface area contributed by atoms with Gasteiger partial charge >= 0.3 is 0 Å². The Morgan fingerprint density at radius 2 is 2.08 bits per heavy atom. The first kappa shape index (κ1) is 16.8. The van der Waals surface area contributed by atoms with Crippen molar-refractivity contribution < 1.29 is 9.29 Å². The molecule has 4 rings (SSSR count). The number of hydrogen-bond acceptors (Lipinski definition) is 5. The topological polar surface area (TPSA) is 86.8 Å². The van der Waals surface area contributed by atoms with Gasteiger partial charge in [0.2, 0.25) is 0 Å². The highest BCUT2D eigenvalue weighted by Gasteiger charge is 2.16. The van der Waals surface area contributed by atoms with Gasteiger partial charge in [-0.1, -0.05) is 34.9 Å². The molecular formula is C19H18N4O2S. The zero-order valence-corrected chi connectivity index (χ0v) is 15.3. The van der Waals surface area contributed by atoms with Crippen LogP contribution in [0.2, 0.25) is 0 Å². The zero-order valence-electron chi connectivity index (χ0n) is 14.5. The molecule has 1 atom stereocenters. The van der Waals surface area contributed by atoms with E-state index in [1.807, 2.05) is 19.1 Å². The number of ether oxygens (including phenoxy) is 1. The number of benzene rings is 2. The van der Waals surface area contributed by atoms with Crippen molar-refractivity contribution in [2.24, 2.45) is 0 Å². The number of aromatic amines is 1. The predicted molar refractivity (Wildman–Crippen MR) is 104 cm³/mol. The van der Waals surface area contributed by atoms with E-state index < -0.39 is 11.2 Å². The second-order valence-corrected chi connectivity index (χ2v) is 7.69. The van der Waals surface area contributed by atoms with Gasteiger partial charge in [0.05, 0.1) is 18.0 Å². The maximum atomic E-state index is 11.4. The molecule has 132 valence electrons. The van der Waals surface area contributed by atoms with Crippen LogP contribution in [0.3, 0.4) is 0 Å². The SMILES string of the molecule is Cc1ccc2ccc(-c3nc4cncnc4[nH]3)c(OCC[S+](C)[O-])c2c1. The Bertz CT molecular complexity index is 1040. The highest BCUT2D eigenvalue weighted by atomic mass is 32.2. The third kappa shape index (κ3) is 3.23. The van der Waals surface area contributed by atoms with Crippen molar-refractivity contribution in [1.82, 2.24) is 19.9 Å². The van der Waals surface area contributed by atoms with Crippen LogP contribution in [0, 0.1) is 6.92 Å². The van der Waals surface area contributed by atoms with Crippen molar-refractivity contribution in [3.05, 3.63) is 48.4 Å². The molecule has 6 nitrogen and oxygen atoms in total.